The van der Waals surface area contributed by atoms with Crippen LogP contribution in [0.25, 0.3) is 11.2 Å². The monoisotopic (exact) mass is 568 g/mol. The fourth-order valence-corrected chi connectivity index (χ4v) is 6.41. The molecular weight excluding hydrogens is 530 g/mol. The SMILES string of the molecule is O=C(NC1CCNCC1)[C@H]1CC[C@@H](n2c(Nc3c(F)cccc3F)nc3cnc(N[C@H]4CC[C@H](O)CC4)nc32)CC1. The van der Waals surface area contributed by atoms with Gasteiger partial charge in [0, 0.05) is 24.0 Å². The number of hydrogen-bond donors (Lipinski definition) is 5. The zero-order valence-corrected chi connectivity index (χ0v) is 23.1. The van der Waals surface area contributed by atoms with Crippen LogP contribution in [0, 0.1) is 17.6 Å². The zero-order valence-electron chi connectivity index (χ0n) is 23.1. The molecule has 1 aromatic carbocycles. The number of aliphatic hydroxyl groups excluding tert-OH is 1. The number of halogens is 2. The van der Waals surface area contributed by atoms with Gasteiger partial charge in [0.15, 0.2) is 5.65 Å². The van der Waals surface area contributed by atoms with Crippen LogP contribution in [0.4, 0.5) is 26.4 Å². The first-order chi connectivity index (χ1) is 19.9. The summed E-state index contributed by atoms with van der Waals surface area (Å²) in [7, 11) is 0. The molecule has 3 fully saturated rings. The number of aromatic nitrogens is 4. The molecule has 0 bridgehead atoms. The van der Waals surface area contributed by atoms with Gasteiger partial charge in [0.1, 0.15) is 22.8 Å². The maximum atomic E-state index is 14.6. The fourth-order valence-electron chi connectivity index (χ4n) is 6.41. The van der Waals surface area contributed by atoms with Gasteiger partial charge in [-0.15, -0.1) is 0 Å². The lowest BCUT2D eigenvalue weighted by molar-refractivity contribution is -0.127. The lowest BCUT2D eigenvalue weighted by Crippen LogP contribution is -2.45. The number of nitrogens with zero attached hydrogens (tertiary/aromatic N) is 4. The number of anilines is 3. The summed E-state index contributed by atoms with van der Waals surface area (Å²) < 4.78 is 31.1. The molecule has 2 saturated carbocycles. The van der Waals surface area contributed by atoms with E-state index in [-0.39, 0.29) is 41.7 Å². The molecule has 3 heterocycles. The molecule has 3 aromatic rings. The van der Waals surface area contributed by atoms with Crippen molar-refractivity contribution in [1.82, 2.24) is 30.2 Å². The average Bonchev–Trinajstić information content (AvgIpc) is 3.34. The molecule has 10 nitrogen and oxygen atoms in total. The third-order valence-corrected chi connectivity index (χ3v) is 8.78. The van der Waals surface area contributed by atoms with E-state index in [1.165, 1.54) is 18.2 Å². The summed E-state index contributed by atoms with van der Waals surface area (Å²) in [5.41, 5.74) is 0.811. The highest BCUT2D eigenvalue weighted by Gasteiger charge is 2.31. The van der Waals surface area contributed by atoms with Gasteiger partial charge in [-0.1, -0.05) is 6.07 Å². The molecular formula is C29H38F2N8O2. The maximum Gasteiger partial charge on any atom is 0.224 e. The summed E-state index contributed by atoms with van der Waals surface area (Å²) in [6.45, 7) is 1.84. The number of rotatable bonds is 7. The summed E-state index contributed by atoms with van der Waals surface area (Å²) >= 11 is 0. The van der Waals surface area contributed by atoms with Crippen molar-refractivity contribution in [2.45, 2.75) is 88.4 Å². The van der Waals surface area contributed by atoms with Gasteiger partial charge in [0.25, 0.3) is 0 Å². The minimum atomic E-state index is -0.713. The van der Waals surface area contributed by atoms with Crippen LogP contribution in [0.2, 0.25) is 0 Å². The van der Waals surface area contributed by atoms with E-state index in [0.29, 0.717) is 48.7 Å². The molecule has 12 heteroatoms. The number of benzene rings is 1. The third-order valence-electron chi connectivity index (χ3n) is 8.78. The van der Waals surface area contributed by atoms with E-state index in [1.54, 1.807) is 6.20 Å². The van der Waals surface area contributed by atoms with Gasteiger partial charge >= 0.3 is 0 Å². The summed E-state index contributed by atoms with van der Waals surface area (Å²) in [6.07, 6.45) is 9.18. The molecule has 1 aliphatic heterocycles. The Kier molecular flexibility index (Phi) is 8.29. The summed E-state index contributed by atoms with van der Waals surface area (Å²) in [5, 5.41) is 22.7. The van der Waals surface area contributed by atoms with E-state index in [4.69, 9.17) is 4.98 Å². The van der Waals surface area contributed by atoms with Gasteiger partial charge in [-0.3, -0.25) is 9.36 Å². The van der Waals surface area contributed by atoms with Crippen molar-refractivity contribution in [2.75, 3.05) is 23.7 Å². The van der Waals surface area contributed by atoms with Gasteiger partial charge in [0.2, 0.25) is 17.8 Å². The van der Waals surface area contributed by atoms with E-state index >= 15 is 0 Å². The van der Waals surface area contributed by atoms with Crippen molar-refractivity contribution in [2.24, 2.45) is 5.92 Å². The first kappa shape index (κ1) is 27.8. The molecule has 220 valence electrons. The summed E-state index contributed by atoms with van der Waals surface area (Å²) in [5.74, 6) is -0.629. The van der Waals surface area contributed by atoms with E-state index in [1.807, 2.05) is 4.57 Å². The first-order valence-electron chi connectivity index (χ1n) is 14.9. The number of hydrogen-bond acceptors (Lipinski definition) is 8. The molecule has 6 rings (SSSR count). The van der Waals surface area contributed by atoms with E-state index in [9.17, 15) is 18.7 Å². The predicted octanol–water partition coefficient (Wildman–Crippen LogP) is 4.16. The minimum absolute atomic E-state index is 0.0622. The van der Waals surface area contributed by atoms with E-state index < -0.39 is 11.6 Å². The maximum absolute atomic E-state index is 14.6. The molecule has 1 saturated heterocycles. The second kappa shape index (κ2) is 12.2. The molecule has 2 aromatic heterocycles. The Hall–Kier alpha value is -3.38. The van der Waals surface area contributed by atoms with Crippen LogP contribution in [-0.4, -0.2) is 61.8 Å². The Morgan fingerprint density at radius 1 is 0.927 bits per heavy atom. The van der Waals surface area contributed by atoms with Crippen molar-refractivity contribution < 1.29 is 18.7 Å². The van der Waals surface area contributed by atoms with Crippen LogP contribution in [0.3, 0.4) is 0 Å². The normalized spacial score (nSPS) is 25.6. The smallest absolute Gasteiger partial charge is 0.224 e. The second-order valence-electron chi connectivity index (χ2n) is 11.6. The largest absolute Gasteiger partial charge is 0.393 e. The molecule has 5 N–H and O–H groups in total. The number of piperidine rings is 1. The number of aliphatic hydroxyl groups is 1. The molecule has 0 spiro atoms. The van der Waals surface area contributed by atoms with Gasteiger partial charge in [0.05, 0.1) is 12.3 Å². The number of para-hydroxylation sites is 1. The standard InChI is InChI=1S/C29H38F2N8O2/c30-22-2-1-3-23(31)25(22)37-29-36-24-16-33-28(35-18-6-10-21(40)11-7-18)38-26(24)39(29)20-8-4-17(5-9-20)27(41)34-19-12-14-32-15-13-19/h1-3,16-21,32,40H,4-15H2,(H,34,41)(H,36,37)(H,33,35,38)/t17-,18-,20+,21-. The van der Waals surface area contributed by atoms with Crippen molar-refractivity contribution >= 4 is 34.7 Å². The molecule has 0 atom stereocenters. The van der Waals surface area contributed by atoms with E-state index in [0.717, 1.165) is 51.6 Å². The second-order valence-corrected chi connectivity index (χ2v) is 11.6. The quantitative estimate of drug-likeness (QED) is 0.287. The topological polar surface area (TPSA) is 129 Å². The average molecular weight is 569 g/mol. The number of amides is 1. The van der Waals surface area contributed by atoms with Crippen LogP contribution in [0.5, 0.6) is 0 Å². The Labute approximate surface area is 237 Å². The minimum Gasteiger partial charge on any atom is -0.393 e. The van der Waals surface area contributed by atoms with Crippen molar-refractivity contribution in [3.63, 3.8) is 0 Å². The predicted molar refractivity (Wildman–Crippen MR) is 152 cm³/mol. The van der Waals surface area contributed by atoms with Gasteiger partial charge in [-0.25, -0.2) is 18.7 Å². The van der Waals surface area contributed by atoms with Crippen LogP contribution < -0.4 is 21.3 Å². The van der Waals surface area contributed by atoms with Crippen molar-refractivity contribution in [1.29, 1.82) is 0 Å². The summed E-state index contributed by atoms with van der Waals surface area (Å²) in [4.78, 5) is 26.9. The fraction of sp³-hybridized carbons (Fsp3) is 0.586. The van der Waals surface area contributed by atoms with Gasteiger partial charge in [-0.05, 0) is 89.4 Å². The number of imidazole rings is 1. The number of nitrogens with one attached hydrogen (secondary N) is 4. The highest BCUT2D eigenvalue weighted by molar-refractivity contribution is 5.79. The Morgan fingerprint density at radius 2 is 1.63 bits per heavy atom. The lowest BCUT2D eigenvalue weighted by Gasteiger charge is -2.31. The molecule has 1 amide bonds. The van der Waals surface area contributed by atoms with Crippen molar-refractivity contribution in [3.8, 4) is 0 Å². The van der Waals surface area contributed by atoms with Gasteiger partial charge < -0.3 is 26.4 Å². The molecule has 2 aliphatic carbocycles. The highest BCUT2D eigenvalue weighted by atomic mass is 19.1. The molecule has 0 unspecified atom stereocenters. The number of carbonyl (C=O) groups excluding carboxylic acids is 1. The van der Waals surface area contributed by atoms with Gasteiger partial charge in [-0.2, -0.15) is 4.98 Å². The first-order valence-corrected chi connectivity index (χ1v) is 14.9. The molecule has 0 radical (unpaired) electrons. The third kappa shape index (κ3) is 6.28. The number of carbonyl (C=O) groups is 1. The Morgan fingerprint density at radius 3 is 2.34 bits per heavy atom. The van der Waals surface area contributed by atoms with Crippen LogP contribution in [0.1, 0.15) is 70.3 Å². The van der Waals surface area contributed by atoms with Crippen LogP contribution >= 0.6 is 0 Å². The van der Waals surface area contributed by atoms with Crippen LogP contribution in [-0.2, 0) is 4.79 Å². The van der Waals surface area contributed by atoms with Crippen LogP contribution in [0.15, 0.2) is 24.4 Å². The highest BCUT2D eigenvalue weighted by Crippen LogP contribution is 2.38. The zero-order chi connectivity index (χ0) is 28.3. The Bertz CT molecular complexity index is 1340. The molecule has 41 heavy (non-hydrogen) atoms. The Balaban J connectivity index is 1.25. The number of fused-ring (bicyclic) bond motifs is 1. The van der Waals surface area contributed by atoms with Crippen molar-refractivity contribution in [3.05, 3.63) is 36.0 Å². The summed E-state index contributed by atoms with van der Waals surface area (Å²) in [6, 6.07) is 4.05. The molecule has 3 aliphatic rings. The lowest BCUT2D eigenvalue weighted by atomic mass is 9.85. The van der Waals surface area contributed by atoms with E-state index in [2.05, 4.69) is 31.2 Å².